The van der Waals surface area contributed by atoms with E-state index in [1.165, 1.54) is 24.3 Å². The molecule has 0 aliphatic carbocycles. The highest BCUT2D eigenvalue weighted by molar-refractivity contribution is 6.37. The smallest absolute Gasteiger partial charge is 0.157 e. The van der Waals surface area contributed by atoms with Crippen LogP contribution in [0.4, 0.5) is 4.39 Å². The molecule has 0 atom stereocenters. The minimum Gasteiger partial charge on any atom is -0.486 e. The Morgan fingerprint density at radius 1 is 1.16 bits per heavy atom. The summed E-state index contributed by atoms with van der Waals surface area (Å²) in [5.74, 6) is -0.0512. The third-order valence-electron chi connectivity index (χ3n) is 2.40. The van der Waals surface area contributed by atoms with E-state index >= 15 is 0 Å². The zero-order valence-electron chi connectivity index (χ0n) is 9.66. The summed E-state index contributed by atoms with van der Waals surface area (Å²) in [4.78, 5) is 0. The second-order valence-electron chi connectivity index (χ2n) is 3.80. The van der Waals surface area contributed by atoms with E-state index in [0.29, 0.717) is 11.1 Å². The molecular formula is C14H8Cl2FNO. The summed E-state index contributed by atoms with van der Waals surface area (Å²) in [5.41, 5.74) is 1.02. The van der Waals surface area contributed by atoms with Crippen LogP contribution >= 0.6 is 23.2 Å². The van der Waals surface area contributed by atoms with Crippen molar-refractivity contribution in [2.45, 2.75) is 6.61 Å². The van der Waals surface area contributed by atoms with E-state index in [1.54, 1.807) is 12.1 Å². The molecular weight excluding hydrogens is 288 g/mol. The van der Waals surface area contributed by atoms with Gasteiger partial charge in [0.2, 0.25) is 0 Å². The molecule has 0 aliphatic heterocycles. The van der Waals surface area contributed by atoms with E-state index in [-0.39, 0.29) is 28.2 Å². The highest BCUT2D eigenvalue weighted by Gasteiger charge is 2.10. The molecule has 2 aromatic rings. The van der Waals surface area contributed by atoms with Crippen molar-refractivity contribution in [3.05, 3.63) is 63.4 Å². The molecule has 0 heterocycles. The van der Waals surface area contributed by atoms with Gasteiger partial charge in [0, 0.05) is 0 Å². The molecule has 0 aliphatic rings. The van der Waals surface area contributed by atoms with Crippen molar-refractivity contribution in [1.29, 1.82) is 5.26 Å². The van der Waals surface area contributed by atoms with Crippen LogP contribution < -0.4 is 4.74 Å². The molecule has 0 radical (unpaired) electrons. The maximum absolute atomic E-state index is 13.0. The predicted molar refractivity (Wildman–Crippen MR) is 71.9 cm³/mol. The second-order valence-corrected chi connectivity index (χ2v) is 4.61. The highest BCUT2D eigenvalue weighted by atomic mass is 35.5. The summed E-state index contributed by atoms with van der Waals surface area (Å²) >= 11 is 12.0. The van der Waals surface area contributed by atoms with Crippen LogP contribution in [-0.4, -0.2) is 0 Å². The first-order chi connectivity index (χ1) is 9.10. The van der Waals surface area contributed by atoms with Gasteiger partial charge in [0.15, 0.2) is 5.75 Å². The van der Waals surface area contributed by atoms with Crippen LogP contribution in [0, 0.1) is 17.1 Å². The zero-order chi connectivity index (χ0) is 13.8. The van der Waals surface area contributed by atoms with Crippen molar-refractivity contribution in [2.75, 3.05) is 0 Å². The Bertz CT molecular complexity index is 629. The average Bonchev–Trinajstić information content (AvgIpc) is 2.37. The third kappa shape index (κ3) is 3.37. The highest BCUT2D eigenvalue weighted by Crippen LogP contribution is 2.34. The minimum atomic E-state index is -0.335. The molecule has 19 heavy (non-hydrogen) atoms. The van der Waals surface area contributed by atoms with Crippen LogP contribution in [0.1, 0.15) is 11.1 Å². The summed E-state index contributed by atoms with van der Waals surface area (Å²) < 4.78 is 18.5. The van der Waals surface area contributed by atoms with Crippen molar-refractivity contribution in [3.8, 4) is 11.8 Å². The molecule has 0 unspecified atom stereocenters. The Balaban J connectivity index is 2.18. The summed E-state index contributed by atoms with van der Waals surface area (Å²) in [7, 11) is 0. The van der Waals surface area contributed by atoms with Crippen molar-refractivity contribution >= 4 is 23.2 Å². The minimum absolute atomic E-state index is 0.142. The predicted octanol–water partition coefficient (Wildman–Crippen LogP) is 4.58. The van der Waals surface area contributed by atoms with Crippen molar-refractivity contribution in [2.24, 2.45) is 0 Å². The second kappa shape index (κ2) is 5.92. The Labute approximate surface area is 119 Å². The van der Waals surface area contributed by atoms with Crippen LogP contribution in [-0.2, 0) is 6.61 Å². The number of nitrogens with zero attached hydrogens (tertiary/aromatic N) is 1. The SMILES string of the molecule is N#Cc1cc(Cl)c(OCc2cccc(F)c2)c(Cl)c1. The van der Waals surface area contributed by atoms with Gasteiger partial charge in [0.25, 0.3) is 0 Å². The van der Waals surface area contributed by atoms with Crippen LogP contribution in [0.25, 0.3) is 0 Å². The molecule has 0 saturated heterocycles. The summed E-state index contributed by atoms with van der Waals surface area (Å²) in [6.45, 7) is 0.142. The first-order valence-corrected chi connectivity index (χ1v) is 6.12. The van der Waals surface area contributed by atoms with E-state index in [9.17, 15) is 4.39 Å². The van der Waals surface area contributed by atoms with E-state index in [1.807, 2.05) is 6.07 Å². The van der Waals surface area contributed by atoms with Crippen LogP contribution in [0.5, 0.6) is 5.75 Å². The average molecular weight is 296 g/mol. The van der Waals surface area contributed by atoms with E-state index in [0.717, 1.165) is 0 Å². The first kappa shape index (κ1) is 13.7. The molecule has 0 spiro atoms. The summed E-state index contributed by atoms with van der Waals surface area (Å²) in [6, 6.07) is 10.9. The molecule has 0 N–H and O–H groups in total. The zero-order valence-corrected chi connectivity index (χ0v) is 11.2. The topological polar surface area (TPSA) is 33.0 Å². The Morgan fingerprint density at radius 2 is 1.84 bits per heavy atom. The fraction of sp³-hybridized carbons (Fsp3) is 0.0714. The number of hydrogen-bond donors (Lipinski definition) is 0. The van der Waals surface area contributed by atoms with Crippen LogP contribution in [0.2, 0.25) is 10.0 Å². The van der Waals surface area contributed by atoms with Crippen molar-refractivity contribution in [3.63, 3.8) is 0 Å². The molecule has 2 rings (SSSR count). The fourth-order valence-corrected chi connectivity index (χ4v) is 2.14. The van der Waals surface area contributed by atoms with Crippen LogP contribution in [0.3, 0.4) is 0 Å². The standard InChI is InChI=1S/C14H8Cl2FNO/c15-12-5-10(7-18)6-13(16)14(12)19-8-9-2-1-3-11(17)4-9/h1-6H,8H2. The van der Waals surface area contributed by atoms with Crippen LogP contribution in [0.15, 0.2) is 36.4 Å². The van der Waals surface area contributed by atoms with Gasteiger partial charge in [-0.3, -0.25) is 0 Å². The molecule has 0 saturated carbocycles. The van der Waals surface area contributed by atoms with Gasteiger partial charge in [-0.15, -0.1) is 0 Å². The van der Waals surface area contributed by atoms with Crippen molar-refractivity contribution in [1.82, 2.24) is 0 Å². The van der Waals surface area contributed by atoms with Gasteiger partial charge >= 0.3 is 0 Å². The molecule has 2 nitrogen and oxygen atoms in total. The van der Waals surface area contributed by atoms with Gasteiger partial charge in [0.05, 0.1) is 21.7 Å². The number of rotatable bonds is 3. The number of hydrogen-bond acceptors (Lipinski definition) is 2. The van der Waals surface area contributed by atoms with Gasteiger partial charge in [0.1, 0.15) is 12.4 Å². The lowest BCUT2D eigenvalue weighted by molar-refractivity contribution is 0.306. The van der Waals surface area contributed by atoms with Gasteiger partial charge in [-0.25, -0.2) is 4.39 Å². The molecule has 0 bridgehead atoms. The molecule has 5 heteroatoms. The maximum atomic E-state index is 13.0. The van der Waals surface area contributed by atoms with E-state index in [2.05, 4.69) is 0 Å². The van der Waals surface area contributed by atoms with E-state index < -0.39 is 0 Å². The largest absolute Gasteiger partial charge is 0.486 e. The number of halogens is 3. The Morgan fingerprint density at radius 3 is 2.42 bits per heavy atom. The lowest BCUT2D eigenvalue weighted by atomic mass is 10.2. The summed E-state index contributed by atoms with van der Waals surface area (Å²) in [5, 5.41) is 9.27. The molecule has 96 valence electrons. The van der Waals surface area contributed by atoms with Gasteiger partial charge in [-0.05, 0) is 29.8 Å². The Hall–Kier alpha value is -1.76. The lowest BCUT2D eigenvalue weighted by Gasteiger charge is -2.10. The third-order valence-corrected chi connectivity index (χ3v) is 2.96. The van der Waals surface area contributed by atoms with Gasteiger partial charge in [-0.1, -0.05) is 35.3 Å². The molecule has 0 aromatic heterocycles. The fourth-order valence-electron chi connectivity index (χ4n) is 1.54. The molecule has 0 fully saturated rings. The van der Waals surface area contributed by atoms with Gasteiger partial charge < -0.3 is 4.74 Å². The van der Waals surface area contributed by atoms with E-state index in [4.69, 9.17) is 33.2 Å². The summed E-state index contributed by atoms with van der Waals surface area (Å²) in [6.07, 6.45) is 0. The maximum Gasteiger partial charge on any atom is 0.157 e. The number of nitriles is 1. The number of benzene rings is 2. The first-order valence-electron chi connectivity index (χ1n) is 5.36. The molecule has 2 aromatic carbocycles. The number of ether oxygens (including phenoxy) is 1. The normalized spacial score (nSPS) is 10.0. The van der Waals surface area contributed by atoms with Gasteiger partial charge in [-0.2, -0.15) is 5.26 Å². The molecule has 0 amide bonds. The monoisotopic (exact) mass is 295 g/mol. The Kier molecular flexibility index (Phi) is 4.26. The van der Waals surface area contributed by atoms with Crippen molar-refractivity contribution < 1.29 is 9.13 Å². The quantitative estimate of drug-likeness (QED) is 0.830. The lowest BCUT2D eigenvalue weighted by Crippen LogP contribution is -1.97.